The summed E-state index contributed by atoms with van der Waals surface area (Å²) >= 11 is 3.28. The zero-order valence-corrected chi connectivity index (χ0v) is 12.8. The number of hydrogen-bond acceptors (Lipinski definition) is 2. The van der Waals surface area contributed by atoms with Gasteiger partial charge in [-0.1, -0.05) is 35.8 Å². The van der Waals surface area contributed by atoms with E-state index in [4.69, 9.17) is 0 Å². The third-order valence-electron chi connectivity index (χ3n) is 2.53. The maximum Gasteiger partial charge on any atom is 0.242 e. The molecule has 0 N–H and O–H groups in total. The zero-order chi connectivity index (χ0) is 13.1. The maximum atomic E-state index is 12.2. The highest BCUT2D eigenvalue weighted by molar-refractivity contribution is 9.10. The van der Waals surface area contributed by atoms with E-state index in [-0.39, 0.29) is 0 Å². The van der Waals surface area contributed by atoms with Crippen LogP contribution >= 0.6 is 15.9 Å². The fourth-order valence-corrected chi connectivity index (χ4v) is 3.15. The summed E-state index contributed by atoms with van der Waals surface area (Å²) in [6, 6.07) is 6.79. The van der Waals surface area contributed by atoms with E-state index in [9.17, 15) is 8.42 Å². The van der Waals surface area contributed by atoms with Gasteiger partial charge in [0.2, 0.25) is 10.0 Å². The maximum absolute atomic E-state index is 12.2. The molecule has 0 aromatic heterocycles. The van der Waals surface area contributed by atoms with Crippen LogP contribution in [0.1, 0.15) is 20.3 Å². The second-order valence-electron chi connectivity index (χ2n) is 4.47. The van der Waals surface area contributed by atoms with Gasteiger partial charge < -0.3 is 0 Å². The van der Waals surface area contributed by atoms with Crippen LogP contribution in [0.15, 0.2) is 33.6 Å². The number of hydrogen-bond donors (Lipinski definition) is 0. The highest BCUT2D eigenvalue weighted by atomic mass is 79.9. The molecule has 0 fully saturated rings. The van der Waals surface area contributed by atoms with E-state index in [0.29, 0.717) is 17.4 Å². The first-order valence-corrected chi connectivity index (χ1v) is 7.79. The van der Waals surface area contributed by atoms with Crippen molar-refractivity contribution in [1.29, 1.82) is 0 Å². The summed E-state index contributed by atoms with van der Waals surface area (Å²) in [6.45, 7) is 4.71. The molecule has 0 aliphatic carbocycles. The van der Waals surface area contributed by atoms with Crippen LogP contribution < -0.4 is 0 Å². The van der Waals surface area contributed by atoms with Gasteiger partial charge in [-0.05, 0) is 30.5 Å². The van der Waals surface area contributed by atoms with E-state index in [1.54, 1.807) is 25.2 Å². The summed E-state index contributed by atoms with van der Waals surface area (Å²) in [6.07, 6.45) is 0.865. The summed E-state index contributed by atoms with van der Waals surface area (Å²) in [5.74, 6) is 0.496. The van der Waals surface area contributed by atoms with Crippen molar-refractivity contribution in [2.24, 2.45) is 5.92 Å². The van der Waals surface area contributed by atoms with Gasteiger partial charge in [-0.25, -0.2) is 12.7 Å². The fourth-order valence-electron chi connectivity index (χ4n) is 1.37. The minimum atomic E-state index is -3.35. The van der Waals surface area contributed by atoms with Crippen LogP contribution in [0.3, 0.4) is 0 Å². The Bertz CT molecular complexity index is 471. The monoisotopic (exact) mass is 319 g/mol. The van der Waals surface area contributed by atoms with E-state index in [1.807, 2.05) is 6.07 Å². The Kier molecular flexibility index (Phi) is 5.16. The molecule has 0 heterocycles. The lowest BCUT2D eigenvalue weighted by atomic mass is 10.1. The summed E-state index contributed by atoms with van der Waals surface area (Å²) < 4.78 is 26.6. The molecule has 0 radical (unpaired) electrons. The second-order valence-corrected chi connectivity index (χ2v) is 7.43. The molecule has 0 unspecified atom stereocenters. The quantitative estimate of drug-likeness (QED) is 0.836. The molecule has 96 valence electrons. The van der Waals surface area contributed by atoms with Gasteiger partial charge in [0.15, 0.2) is 0 Å². The Morgan fingerprint density at radius 1 is 1.35 bits per heavy atom. The Morgan fingerprint density at radius 2 is 2.00 bits per heavy atom. The summed E-state index contributed by atoms with van der Waals surface area (Å²) in [5.41, 5.74) is 0. The minimum absolute atomic E-state index is 0.332. The normalized spacial score (nSPS) is 12.4. The first-order chi connectivity index (χ1) is 7.84. The average molecular weight is 320 g/mol. The molecule has 5 heteroatoms. The summed E-state index contributed by atoms with van der Waals surface area (Å²) in [7, 11) is -1.73. The van der Waals surface area contributed by atoms with Crippen LogP contribution in [-0.2, 0) is 10.0 Å². The lowest BCUT2D eigenvalue weighted by molar-refractivity contribution is 0.428. The molecule has 1 rings (SSSR count). The summed E-state index contributed by atoms with van der Waals surface area (Å²) in [4.78, 5) is 0.332. The van der Waals surface area contributed by atoms with E-state index in [2.05, 4.69) is 29.8 Å². The van der Waals surface area contributed by atoms with Crippen molar-refractivity contribution in [1.82, 2.24) is 4.31 Å². The Balaban J connectivity index is 2.88. The minimum Gasteiger partial charge on any atom is -0.207 e. The van der Waals surface area contributed by atoms with Crippen LogP contribution in [0.25, 0.3) is 0 Å². The van der Waals surface area contributed by atoms with Gasteiger partial charge in [0.05, 0.1) is 4.90 Å². The van der Waals surface area contributed by atoms with Crippen LogP contribution in [0.2, 0.25) is 0 Å². The second kappa shape index (κ2) is 5.98. The van der Waals surface area contributed by atoms with Gasteiger partial charge in [-0.3, -0.25) is 0 Å². The molecule has 0 spiro atoms. The van der Waals surface area contributed by atoms with E-state index in [1.165, 1.54) is 4.31 Å². The Labute approximate surface area is 112 Å². The van der Waals surface area contributed by atoms with Crippen molar-refractivity contribution in [3.05, 3.63) is 28.7 Å². The predicted molar refractivity (Wildman–Crippen MR) is 73.4 cm³/mol. The molecule has 3 nitrogen and oxygen atoms in total. The number of halogens is 1. The molecule has 1 aromatic rings. The molecule has 0 saturated carbocycles. The number of rotatable bonds is 5. The first kappa shape index (κ1) is 14.7. The molecule has 17 heavy (non-hydrogen) atoms. The molecule has 0 aliphatic heterocycles. The smallest absolute Gasteiger partial charge is 0.207 e. The molecule has 0 atom stereocenters. The Hall–Kier alpha value is -0.390. The summed E-state index contributed by atoms with van der Waals surface area (Å²) in [5, 5.41) is 0. The van der Waals surface area contributed by atoms with E-state index < -0.39 is 10.0 Å². The highest BCUT2D eigenvalue weighted by Crippen LogP contribution is 2.19. The number of sulfonamides is 1. The van der Waals surface area contributed by atoms with Gasteiger partial charge in [0.1, 0.15) is 0 Å². The molecule has 1 aromatic carbocycles. The SMILES string of the molecule is CC(C)CCN(C)S(=O)(=O)c1cccc(Br)c1. The van der Waals surface area contributed by atoms with Crippen molar-refractivity contribution < 1.29 is 8.42 Å². The van der Waals surface area contributed by atoms with Crippen LogP contribution in [0.5, 0.6) is 0 Å². The molecule has 0 saturated heterocycles. The third-order valence-corrected chi connectivity index (χ3v) is 4.87. The van der Waals surface area contributed by atoms with Gasteiger partial charge >= 0.3 is 0 Å². The number of nitrogens with zero attached hydrogens (tertiary/aromatic N) is 1. The largest absolute Gasteiger partial charge is 0.242 e. The van der Waals surface area contributed by atoms with Crippen molar-refractivity contribution in [3.8, 4) is 0 Å². The predicted octanol–water partition coefficient (Wildman–Crippen LogP) is 3.12. The highest BCUT2D eigenvalue weighted by Gasteiger charge is 2.20. The number of benzene rings is 1. The van der Waals surface area contributed by atoms with Gasteiger partial charge in [-0.2, -0.15) is 0 Å². The fraction of sp³-hybridized carbons (Fsp3) is 0.500. The van der Waals surface area contributed by atoms with Gasteiger partial charge in [0.25, 0.3) is 0 Å². The van der Waals surface area contributed by atoms with E-state index in [0.717, 1.165) is 10.9 Å². The van der Waals surface area contributed by atoms with Crippen LogP contribution in [0, 0.1) is 5.92 Å². The molecule has 0 amide bonds. The average Bonchev–Trinajstić information content (AvgIpc) is 2.25. The van der Waals surface area contributed by atoms with Crippen molar-refractivity contribution in [2.45, 2.75) is 25.2 Å². The lowest BCUT2D eigenvalue weighted by Crippen LogP contribution is -2.28. The van der Waals surface area contributed by atoms with Crippen molar-refractivity contribution in [2.75, 3.05) is 13.6 Å². The van der Waals surface area contributed by atoms with Crippen molar-refractivity contribution >= 4 is 26.0 Å². The van der Waals surface area contributed by atoms with E-state index >= 15 is 0 Å². The molecule has 0 aliphatic rings. The lowest BCUT2D eigenvalue weighted by Gasteiger charge is -2.18. The zero-order valence-electron chi connectivity index (χ0n) is 10.4. The third kappa shape index (κ3) is 4.08. The Morgan fingerprint density at radius 3 is 2.53 bits per heavy atom. The standard InChI is InChI=1S/C12H18BrNO2S/c1-10(2)7-8-14(3)17(15,16)12-6-4-5-11(13)9-12/h4-6,9-10H,7-8H2,1-3H3. The van der Waals surface area contributed by atoms with Crippen LogP contribution in [-0.4, -0.2) is 26.3 Å². The molecule has 0 bridgehead atoms. The van der Waals surface area contributed by atoms with Crippen LogP contribution in [0.4, 0.5) is 0 Å². The molecular formula is C12H18BrNO2S. The first-order valence-electron chi connectivity index (χ1n) is 5.56. The van der Waals surface area contributed by atoms with Crippen molar-refractivity contribution in [3.63, 3.8) is 0 Å². The van der Waals surface area contributed by atoms with Gasteiger partial charge in [-0.15, -0.1) is 0 Å². The topological polar surface area (TPSA) is 37.4 Å². The van der Waals surface area contributed by atoms with Gasteiger partial charge in [0, 0.05) is 18.1 Å². The molecular weight excluding hydrogens is 302 g/mol.